The molecule has 0 rings (SSSR count). The molecule has 5 heteroatoms. The average Bonchev–Trinajstić information content (AvgIpc) is 2.25. The van der Waals surface area contributed by atoms with Gasteiger partial charge in [0.1, 0.15) is 0 Å². The van der Waals surface area contributed by atoms with Gasteiger partial charge in [-0.05, 0) is 27.0 Å². The van der Waals surface area contributed by atoms with Crippen LogP contribution in [0.2, 0.25) is 0 Å². The van der Waals surface area contributed by atoms with Crippen LogP contribution in [0.4, 0.5) is 0 Å². The lowest BCUT2D eigenvalue weighted by Crippen LogP contribution is -2.41. The number of rotatable bonds is 11. The molecular formula is C12H27NO3S. The first kappa shape index (κ1) is 17.2. The van der Waals surface area contributed by atoms with Crippen LogP contribution in [-0.4, -0.2) is 55.3 Å². The van der Waals surface area contributed by atoms with E-state index in [1.165, 1.54) is 0 Å². The Kier molecular flexibility index (Phi) is 10.3. The van der Waals surface area contributed by atoms with Crippen molar-refractivity contribution in [1.82, 2.24) is 5.32 Å². The highest BCUT2D eigenvalue weighted by atomic mass is 32.2. The van der Waals surface area contributed by atoms with Crippen molar-refractivity contribution in [2.75, 3.05) is 38.3 Å². The van der Waals surface area contributed by atoms with Crippen LogP contribution in [-0.2, 0) is 9.47 Å². The number of ether oxygens (including phenoxy) is 2. The minimum atomic E-state index is -0.647. The lowest BCUT2D eigenvalue weighted by molar-refractivity contribution is -0.138. The molecule has 0 saturated heterocycles. The number of aliphatic hydroxyl groups is 1. The molecule has 4 nitrogen and oxygen atoms in total. The Morgan fingerprint density at radius 3 is 2.35 bits per heavy atom. The molecule has 0 aliphatic heterocycles. The van der Waals surface area contributed by atoms with Gasteiger partial charge >= 0.3 is 0 Å². The Hall–Kier alpha value is 0.190. The summed E-state index contributed by atoms with van der Waals surface area (Å²) < 4.78 is 10.9. The lowest BCUT2D eigenvalue weighted by atomic mass is 10.1. The van der Waals surface area contributed by atoms with Crippen molar-refractivity contribution < 1.29 is 14.6 Å². The van der Waals surface area contributed by atoms with Crippen molar-refractivity contribution in [3.8, 4) is 0 Å². The van der Waals surface area contributed by atoms with E-state index in [1.54, 1.807) is 11.8 Å². The van der Waals surface area contributed by atoms with Gasteiger partial charge in [0, 0.05) is 38.5 Å². The van der Waals surface area contributed by atoms with E-state index in [-0.39, 0.29) is 6.29 Å². The molecule has 0 aromatic heterocycles. The summed E-state index contributed by atoms with van der Waals surface area (Å²) in [4.78, 5) is 0. The minimum Gasteiger partial charge on any atom is -0.388 e. The van der Waals surface area contributed by atoms with Crippen LogP contribution in [0.5, 0.6) is 0 Å². The van der Waals surface area contributed by atoms with E-state index in [2.05, 4.69) is 5.32 Å². The Labute approximate surface area is 109 Å². The zero-order valence-corrected chi connectivity index (χ0v) is 12.3. The van der Waals surface area contributed by atoms with Gasteiger partial charge in [-0.1, -0.05) is 0 Å². The van der Waals surface area contributed by atoms with Crippen molar-refractivity contribution in [3.63, 3.8) is 0 Å². The van der Waals surface area contributed by atoms with E-state index in [9.17, 15) is 5.11 Å². The third kappa shape index (κ3) is 9.85. The molecule has 0 heterocycles. The molecule has 0 aromatic rings. The fourth-order valence-corrected chi connectivity index (χ4v) is 2.25. The molecule has 1 unspecified atom stereocenters. The lowest BCUT2D eigenvalue weighted by Gasteiger charge is -2.23. The molecule has 1 atom stereocenters. The zero-order valence-electron chi connectivity index (χ0n) is 11.5. The Balaban J connectivity index is 3.66. The maximum atomic E-state index is 9.94. The van der Waals surface area contributed by atoms with E-state index in [4.69, 9.17) is 9.47 Å². The van der Waals surface area contributed by atoms with Gasteiger partial charge in [0.25, 0.3) is 0 Å². The second-order valence-electron chi connectivity index (χ2n) is 4.24. The number of thioether (sulfide) groups is 1. The molecule has 0 aliphatic rings. The van der Waals surface area contributed by atoms with Crippen LogP contribution >= 0.6 is 11.8 Å². The van der Waals surface area contributed by atoms with Gasteiger partial charge in [0.15, 0.2) is 6.29 Å². The van der Waals surface area contributed by atoms with Crippen molar-refractivity contribution in [1.29, 1.82) is 0 Å². The Morgan fingerprint density at radius 2 is 1.88 bits per heavy atom. The monoisotopic (exact) mass is 265 g/mol. The number of hydrogen-bond donors (Lipinski definition) is 2. The summed E-state index contributed by atoms with van der Waals surface area (Å²) in [6.45, 7) is 8.47. The summed E-state index contributed by atoms with van der Waals surface area (Å²) in [6.07, 6.45) is 2.66. The van der Waals surface area contributed by atoms with Crippen LogP contribution < -0.4 is 5.32 Å². The van der Waals surface area contributed by atoms with Crippen molar-refractivity contribution >= 4 is 11.8 Å². The summed E-state index contributed by atoms with van der Waals surface area (Å²) in [6, 6.07) is 0. The van der Waals surface area contributed by atoms with Gasteiger partial charge in [-0.15, -0.1) is 0 Å². The third-order valence-electron chi connectivity index (χ3n) is 2.22. The van der Waals surface area contributed by atoms with Crippen LogP contribution in [0.25, 0.3) is 0 Å². The maximum Gasteiger partial charge on any atom is 0.158 e. The van der Waals surface area contributed by atoms with Crippen molar-refractivity contribution in [2.45, 2.75) is 39.1 Å². The second kappa shape index (κ2) is 10.1. The fraction of sp³-hybridized carbons (Fsp3) is 1.00. The molecular weight excluding hydrogens is 238 g/mol. The van der Waals surface area contributed by atoms with E-state index < -0.39 is 5.60 Å². The largest absolute Gasteiger partial charge is 0.388 e. The highest BCUT2D eigenvalue weighted by Crippen LogP contribution is 2.09. The molecule has 0 fully saturated rings. The molecule has 0 amide bonds. The summed E-state index contributed by atoms with van der Waals surface area (Å²) in [7, 11) is 0. The zero-order chi connectivity index (χ0) is 13.1. The molecule has 0 aliphatic carbocycles. The topological polar surface area (TPSA) is 50.7 Å². The normalized spacial score (nSPS) is 15.2. The minimum absolute atomic E-state index is 0.136. The first-order valence-electron chi connectivity index (χ1n) is 6.21. The van der Waals surface area contributed by atoms with Gasteiger partial charge in [-0.2, -0.15) is 11.8 Å². The molecule has 0 spiro atoms. The van der Waals surface area contributed by atoms with E-state index in [0.29, 0.717) is 19.8 Å². The van der Waals surface area contributed by atoms with Gasteiger partial charge in [0.2, 0.25) is 0 Å². The predicted octanol–water partition coefficient (Wildman–Crippen LogP) is 1.48. The Morgan fingerprint density at radius 1 is 1.29 bits per heavy atom. The van der Waals surface area contributed by atoms with Gasteiger partial charge < -0.3 is 19.9 Å². The summed E-state index contributed by atoms with van der Waals surface area (Å²) in [5.74, 6) is 0.736. The number of hydrogen-bond acceptors (Lipinski definition) is 5. The first-order valence-corrected chi connectivity index (χ1v) is 7.60. The summed E-state index contributed by atoms with van der Waals surface area (Å²) in [5.41, 5.74) is -0.647. The smallest absolute Gasteiger partial charge is 0.158 e. The van der Waals surface area contributed by atoms with Crippen molar-refractivity contribution in [2.24, 2.45) is 0 Å². The van der Waals surface area contributed by atoms with Crippen LogP contribution in [0.1, 0.15) is 27.2 Å². The fourth-order valence-electron chi connectivity index (χ4n) is 1.53. The standard InChI is InChI=1S/C12H27NO3S/c1-5-15-11(16-6-2)7-8-13-9-12(3,14)10-17-4/h11,13-14H,5-10H2,1-4H3. The SMILES string of the molecule is CCOC(CCNCC(C)(O)CSC)OCC. The van der Waals surface area contributed by atoms with Gasteiger partial charge in [0.05, 0.1) is 5.60 Å². The van der Waals surface area contributed by atoms with E-state index >= 15 is 0 Å². The van der Waals surface area contributed by atoms with E-state index in [0.717, 1.165) is 18.7 Å². The highest BCUT2D eigenvalue weighted by molar-refractivity contribution is 7.98. The summed E-state index contributed by atoms with van der Waals surface area (Å²) in [5, 5.41) is 13.2. The van der Waals surface area contributed by atoms with Crippen LogP contribution in [0.15, 0.2) is 0 Å². The average molecular weight is 265 g/mol. The highest BCUT2D eigenvalue weighted by Gasteiger charge is 2.18. The maximum absolute atomic E-state index is 9.94. The van der Waals surface area contributed by atoms with Crippen LogP contribution in [0, 0.1) is 0 Å². The Bertz CT molecular complexity index is 173. The molecule has 0 saturated carbocycles. The molecule has 0 bridgehead atoms. The molecule has 0 radical (unpaired) electrons. The number of nitrogens with one attached hydrogen (secondary N) is 1. The van der Waals surface area contributed by atoms with Crippen LogP contribution in [0.3, 0.4) is 0 Å². The predicted molar refractivity (Wildman–Crippen MR) is 73.5 cm³/mol. The summed E-state index contributed by atoms with van der Waals surface area (Å²) >= 11 is 1.65. The first-order chi connectivity index (χ1) is 8.05. The van der Waals surface area contributed by atoms with Crippen molar-refractivity contribution in [3.05, 3.63) is 0 Å². The molecule has 2 N–H and O–H groups in total. The quantitative estimate of drug-likeness (QED) is 0.438. The van der Waals surface area contributed by atoms with E-state index in [1.807, 2.05) is 27.0 Å². The molecule has 0 aromatic carbocycles. The second-order valence-corrected chi connectivity index (χ2v) is 5.10. The molecule has 104 valence electrons. The van der Waals surface area contributed by atoms with Gasteiger partial charge in [-0.25, -0.2) is 0 Å². The molecule has 17 heavy (non-hydrogen) atoms. The third-order valence-corrected chi connectivity index (χ3v) is 3.13. The van der Waals surface area contributed by atoms with Gasteiger partial charge in [-0.3, -0.25) is 0 Å².